The van der Waals surface area contributed by atoms with E-state index in [4.69, 9.17) is 21.1 Å². The van der Waals surface area contributed by atoms with Crippen LogP contribution in [0.25, 0.3) is 10.8 Å². The Bertz CT molecular complexity index is 1630. The first-order valence-corrected chi connectivity index (χ1v) is 13.9. The summed E-state index contributed by atoms with van der Waals surface area (Å²) < 4.78 is 11.3. The molecule has 216 valence electrons. The topological polar surface area (TPSA) is 104 Å². The van der Waals surface area contributed by atoms with Crippen molar-refractivity contribution < 1.29 is 24.2 Å². The van der Waals surface area contributed by atoms with E-state index < -0.39 is 5.91 Å². The minimum absolute atomic E-state index is 0.0667. The zero-order valence-electron chi connectivity index (χ0n) is 23.3. The first-order valence-electron chi connectivity index (χ1n) is 13.5. The number of halogens is 1. The molecular weight excluding hydrogens is 556 g/mol. The highest BCUT2D eigenvalue weighted by atomic mass is 35.5. The van der Waals surface area contributed by atoms with Crippen LogP contribution in [0.4, 0.5) is 5.69 Å². The number of aromatic hydroxyl groups is 1. The number of nitrogens with zero attached hydrogens (tertiary/aromatic N) is 3. The minimum atomic E-state index is -0.463. The maximum Gasteiger partial charge on any atom is 0.271 e. The molecule has 1 aliphatic heterocycles. The number of hydrazone groups is 1. The van der Waals surface area contributed by atoms with Crippen LogP contribution in [0.15, 0.2) is 84.0 Å². The van der Waals surface area contributed by atoms with Crippen molar-refractivity contribution in [1.29, 1.82) is 0 Å². The lowest BCUT2D eigenvalue weighted by atomic mass is 10.0. The van der Waals surface area contributed by atoms with E-state index in [2.05, 4.69) is 22.4 Å². The standard InChI is InChI=1S/C32H31ClN4O5/c1-21-19-36(15-16-37(21)24-9-11-25(41-2)12-10-24)31(39)20-42-30-14-8-23(26-5-3-4-6-27(26)30)18-34-35-32(40)22-7-13-29(38)28(33)17-22/h3-14,17-18,21,38H,15-16,19-20H2,1-2H3,(H,35,40)/b34-18+. The third-order valence-electron chi connectivity index (χ3n) is 7.23. The smallest absolute Gasteiger partial charge is 0.271 e. The van der Waals surface area contributed by atoms with E-state index >= 15 is 0 Å². The van der Waals surface area contributed by atoms with E-state index in [-0.39, 0.29) is 34.9 Å². The largest absolute Gasteiger partial charge is 0.506 e. The summed E-state index contributed by atoms with van der Waals surface area (Å²) in [6, 6.07) is 23.5. The van der Waals surface area contributed by atoms with E-state index in [0.717, 1.165) is 34.3 Å². The second-order valence-electron chi connectivity index (χ2n) is 9.93. The van der Waals surface area contributed by atoms with Crippen LogP contribution in [-0.4, -0.2) is 67.4 Å². The number of amides is 2. The summed E-state index contributed by atoms with van der Waals surface area (Å²) in [6.07, 6.45) is 1.54. The van der Waals surface area contributed by atoms with Crippen LogP contribution in [-0.2, 0) is 4.79 Å². The van der Waals surface area contributed by atoms with Crippen molar-refractivity contribution in [2.24, 2.45) is 5.10 Å². The van der Waals surface area contributed by atoms with E-state index in [9.17, 15) is 14.7 Å². The van der Waals surface area contributed by atoms with Gasteiger partial charge in [0.2, 0.25) is 0 Å². The second kappa shape index (κ2) is 12.8. The highest BCUT2D eigenvalue weighted by molar-refractivity contribution is 6.32. The number of rotatable bonds is 8. The zero-order valence-corrected chi connectivity index (χ0v) is 24.0. The Hall–Kier alpha value is -4.76. The summed E-state index contributed by atoms with van der Waals surface area (Å²) in [5, 5.41) is 15.4. The van der Waals surface area contributed by atoms with Gasteiger partial charge in [-0.3, -0.25) is 9.59 Å². The van der Waals surface area contributed by atoms with Gasteiger partial charge in [-0.25, -0.2) is 5.43 Å². The Kier molecular flexibility index (Phi) is 8.78. The van der Waals surface area contributed by atoms with Gasteiger partial charge in [0.15, 0.2) is 6.61 Å². The number of benzene rings is 4. The van der Waals surface area contributed by atoms with E-state index in [1.165, 1.54) is 18.2 Å². The van der Waals surface area contributed by atoms with Crippen molar-refractivity contribution in [3.63, 3.8) is 0 Å². The number of phenolic OH excluding ortho intramolecular Hbond substituents is 1. The molecule has 2 amide bonds. The Balaban J connectivity index is 1.20. The number of ether oxygens (including phenoxy) is 2. The summed E-state index contributed by atoms with van der Waals surface area (Å²) in [5.74, 6) is 0.768. The van der Waals surface area contributed by atoms with Crippen LogP contribution < -0.4 is 19.8 Å². The summed E-state index contributed by atoms with van der Waals surface area (Å²) in [5.41, 5.74) is 4.60. The summed E-state index contributed by atoms with van der Waals surface area (Å²) >= 11 is 5.89. The molecule has 0 aliphatic carbocycles. The van der Waals surface area contributed by atoms with Crippen LogP contribution >= 0.6 is 11.6 Å². The Morgan fingerprint density at radius 1 is 1.05 bits per heavy atom. The molecule has 42 heavy (non-hydrogen) atoms. The average Bonchev–Trinajstić information content (AvgIpc) is 3.01. The molecule has 1 unspecified atom stereocenters. The molecule has 4 aromatic rings. The number of nitrogens with one attached hydrogen (secondary N) is 1. The van der Waals surface area contributed by atoms with Gasteiger partial charge in [-0.2, -0.15) is 5.10 Å². The van der Waals surface area contributed by atoms with E-state index in [1.807, 2.05) is 59.5 Å². The molecular formula is C32H31ClN4O5. The van der Waals surface area contributed by atoms with Crippen LogP contribution in [0.2, 0.25) is 5.02 Å². The number of carbonyl (C=O) groups is 2. The van der Waals surface area contributed by atoms with Gasteiger partial charge >= 0.3 is 0 Å². The van der Waals surface area contributed by atoms with Gasteiger partial charge < -0.3 is 24.4 Å². The number of piperazine rings is 1. The van der Waals surface area contributed by atoms with Crippen molar-refractivity contribution in [3.05, 3.63) is 95.0 Å². The van der Waals surface area contributed by atoms with Gasteiger partial charge in [0.25, 0.3) is 11.8 Å². The molecule has 1 fully saturated rings. The first kappa shape index (κ1) is 28.8. The lowest BCUT2D eigenvalue weighted by Crippen LogP contribution is -2.54. The maximum atomic E-state index is 13.1. The molecule has 1 aliphatic rings. The Morgan fingerprint density at radius 3 is 2.52 bits per heavy atom. The first-order chi connectivity index (χ1) is 20.3. The maximum absolute atomic E-state index is 13.1. The highest BCUT2D eigenvalue weighted by Gasteiger charge is 2.27. The fourth-order valence-corrected chi connectivity index (χ4v) is 5.16. The van der Waals surface area contributed by atoms with Crippen LogP contribution in [0.3, 0.4) is 0 Å². The van der Waals surface area contributed by atoms with Crippen molar-refractivity contribution >= 4 is 46.1 Å². The lowest BCUT2D eigenvalue weighted by Gasteiger charge is -2.41. The molecule has 0 radical (unpaired) electrons. The molecule has 0 bridgehead atoms. The van der Waals surface area contributed by atoms with Crippen molar-refractivity contribution in [2.75, 3.05) is 38.3 Å². The van der Waals surface area contributed by atoms with Crippen LogP contribution in [0.1, 0.15) is 22.8 Å². The van der Waals surface area contributed by atoms with Crippen LogP contribution in [0.5, 0.6) is 17.2 Å². The Labute approximate surface area is 248 Å². The summed E-state index contributed by atoms with van der Waals surface area (Å²) in [4.78, 5) is 29.6. The minimum Gasteiger partial charge on any atom is -0.506 e. The molecule has 5 rings (SSSR count). The van der Waals surface area contributed by atoms with Gasteiger partial charge in [-0.05, 0) is 66.9 Å². The molecule has 0 aromatic heterocycles. The quantitative estimate of drug-likeness (QED) is 0.220. The fourth-order valence-electron chi connectivity index (χ4n) is 4.98. The summed E-state index contributed by atoms with van der Waals surface area (Å²) in [6.45, 7) is 3.98. The monoisotopic (exact) mass is 586 g/mol. The molecule has 1 saturated heterocycles. The number of phenols is 1. The third kappa shape index (κ3) is 6.42. The van der Waals surface area contributed by atoms with Crippen LogP contribution in [0, 0.1) is 0 Å². The predicted molar refractivity (Wildman–Crippen MR) is 164 cm³/mol. The van der Waals surface area contributed by atoms with Gasteiger partial charge in [-0.15, -0.1) is 0 Å². The molecule has 10 heteroatoms. The van der Waals surface area contributed by atoms with E-state index in [0.29, 0.717) is 18.8 Å². The Morgan fingerprint density at radius 2 is 1.81 bits per heavy atom. The predicted octanol–water partition coefficient (Wildman–Crippen LogP) is 5.09. The van der Waals surface area contributed by atoms with Gasteiger partial charge in [0.05, 0.1) is 18.3 Å². The lowest BCUT2D eigenvalue weighted by molar-refractivity contribution is -0.134. The normalized spacial score (nSPS) is 15.2. The third-order valence-corrected chi connectivity index (χ3v) is 7.54. The average molecular weight is 587 g/mol. The number of hydrogen-bond acceptors (Lipinski definition) is 7. The SMILES string of the molecule is COc1ccc(N2CCN(C(=O)COc3ccc(/C=N/NC(=O)c4ccc(O)c(Cl)c4)c4ccccc34)CC2C)cc1. The van der Waals surface area contributed by atoms with Crippen molar-refractivity contribution in [1.82, 2.24) is 10.3 Å². The molecule has 9 nitrogen and oxygen atoms in total. The molecule has 1 atom stereocenters. The summed E-state index contributed by atoms with van der Waals surface area (Å²) in [7, 11) is 1.65. The number of methoxy groups -OCH3 is 1. The molecule has 4 aromatic carbocycles. The molecule has 0 spiro atoms. The second-order valence-corrected chi connectivity index (χ2v) is 10.3. The molecule has 2 N–H and O–H groups in total. The number of carbonyl (C=O) groups excluding carboxylic acids is 2. The van der Waals surface area contributed by atoms with Gasteiger partial charge in [-0.1, -0.05) is 35.9 Å². The molecule has 1 heterocycles. The van der Waals surface area contributed by atoms with E-state index in [1.54, 1.807) is 19.4 Å². The zero-order chi connectivity index (χ0) is 29.6. The fraction of sp³-hybridized carbons (Fsp3) is 0.219. The number of hydrogen-bond donors (Lipinski definition) is 2. The van der Waals surface area contributed by atoms with Gasteiger partial charge in [0.1, 0.15) is 17.2 Å². The number of fused-ring (bicyclic) bond motifs is 1. The highest BCUT2D eigenvalue weighted by Crippen LogP contribution is 2.29. The number of anilines is 1. The van der Waals surface area contributed by atoms with Gasteiger partial charge in [0, 0.05) is 47.9 Å². The molecule has 0 saturated carbocycles. The van der Waals surface area contributed by atoms with Crippen molar-refractivity contribution in [3.8, 4) is 17.2 Å². The van der Waals surface area contributed by atoms with Crippen molar-refractivity contribution in [2.45, 2.75) is 13.0 Å².